The summed E-state index contributed by atoms with van der Waals surface area (Å²) in [6.45, 7) is 9.65. The van der Waals surface area contributed by atoms with E-state index in [0.717, 1.165) is 18.6 Å². The van der Waals surface area contributed by atoms with Crippen LogP contribution in [0.3, 0.4) is 0 Å². The molecule has 0 saturated carbocycles. The van der Waals surface area contributed by atoms with E-state index in [2.05, 4.69) is 50.9 Å². The lowest BCUT2D eigenvalue weighted by atomic mass is 10.0. The third-order valence-corrected chi connectivity index (χ3v) is 6.42. The maximum atomic E-state index is 11.2. The van der Waals surface area contributed by atoms with Crippen molar-refractivity contribution in [3.63, 3.8) is 0 Å². The van der Waals surface area contributed by atoms with Gasteiger partial charge >= 0.3 is 5.97 Å². The minimum absolute atomic E-state index is 0.0680. The molecule has 204 valence electrons. The molecule has 2 aromatic carbocycles. The van der Waals surface area contributed by atoms with Crippen molar-refractivity contribution >= 4 is 17.7 Å². The highest BCUT2D eigenvalue weighted by molar-refractivity contribution is 5.98. The predicted octanol–water partition coefficient (Wildman–Crippen LogP) is 6.56. The van der Waals surface area contributed by atoms with E-state index in [1.165, 1.54) is 73.2 Å². The first-order valence-corrected chi connectivity index (χ1v) is 13.3. The molecule has 0 aliphatic carbocycles. The van der Waals surface area contributed by atoms with E-state index in [9.17, 15) is 9.59 Å². The van der Waals surface area contributed by atoms with Gasteiger partial charge in [0.15, 0.2) is 0 Å². The van der Waals surface area contributed by atoms with Crippen LogP contribution in [0.4, 0.5) is 5.82 Å². The molecule has 0 radical (unpaired) electrons. The van der Waals surface area contributed by atoms with Crippen LogP contribution in [-0.2, 0) is 17.8 Å². The Hall–Kier alpha value is -3.71. The van der Waals surface area contributed by atoms with Crippen molar-refractivity contribution in [1.82, 2.24) is 4.98 Å². The van der Waals surface area contributed by atoms with Crippen LogP contribution in [-0.4, -0.2) is 28.1 Å². The van der Waals surface area contributed by atoms with Crippen molar-refractivity contribution in [1.29, 1.82) is 0 Å². The van der Waals surface area contributed by atoms with Crippen LogP contribution < -0.4 is 11.5 Å². The van der Waals surface area contributed by atoms with Gasteiger partial charge in [-0.1, -0.05) is 70.4 Å². The van der Waals surface area contributed by atoms with Gasteiger partial charge in [0.05, 0.1) is 23.8 Å². The van der Waals surface area contributed by atoms with Gasteiger partial charge in [-0.15, -0.1) is 0 Å². The summed E-state index contributed by atoms with van der Waals surface area (Å²) in [7, 11) is 0. The molecule has 7 heteroatoms. The van der Waals surface area contributed by atoms with E-state index in [0.29, 0.717) is 11.7 Å². The molecule has 1 unspecified atom stereocenters. The average Bonchev–Trinajstić information content (AvgIpc) is 2.91. The maximum absolute atomic E-state index is 11.2. The molecule has 0 saturated heterocycles. The van der Waals surface area contributed by atoms with Crippen molar-refractivity contribution in [3.8, 4) is 11.1 Å². The van der Waals surface area contributed by atoms with Crippen molar-refractivity contribution < 1.29 is 19.4 Å². The number of anilines is 1. The largest absolute Gasteiger partial charge is 0.478 e. The molecule has 5 N–H and O–H groups in total. The van der Waals surface area contributed by atoms with Gasteiger partial charge in [0.2, 0.25) is 0 Å². The second kappa shape index (κ2) is 15.5. The predicted molar refractivity (Wildman–Crippen MR) is 153 cm³/mol. The number of aromatic nitrogens is 1. The van der Waals surface area contributed by atoms with E-state index in [4.69, 9.17) is 21.3 Å². The number of amides is 1. The monoisotopic (exact) mass is 519 g/mol. The van der Waals surface area contributed by atoms with Crippen LogP contribution in [0.15, 0.2) is 54.7 Å². The molecular weight excluding hydrogens is 478 g/mol. The number of carboxylic acids is 1. The lowest BCUT2D eigenvalue weighted by Gasteiger charge is -2.17. The summed E-state index contributed by atoms with van der Waals surface area (Å²) in [5, 5.41) is 8.81. The van der Waals surface area contributed by atoms with Gasteiger partial charge in [-0.3, -0.25) is 4.79 Å². The number of nitrogens with two attached hydrogens (primary N) is 2. The number of nitrogens with zero attached hydrogens (tertiary/aromatic N) is 1. The first-order valence-electron chi connectivity index (χ1n) is 13.3. The van der Waals surface area contributed by atoms with Crippen molar-refractivity contribution in [2.75, 3.05) is 5.73 Å². The van der Waals surface area contributed by atoms with Gasteiger partial charge in [-0.2, -0.15) is 0 Å². The molecule has 1 atom stereocenters. The molecule has 7 nitrogen and oxygen atoms in total. The highest BCUT2D eigenvalue weighted by atomic mass is 16.5. The standard InChI is InChI=1S/C18H30O.C13H11N3O3/c1-5-8-10-18(9-6-2)19-14-16-12-11-15(4)17(7-3)13-16;14-11-10(12(15)17)5-9(6-16-11)7-1-3-8(4-2-7)13(18)19/h11-13,18H,5-10,14H2,1-4H3;1-6H,(H2,14,16)(H2,15,17)(H,18,19). The van der Waals surface area contributed by atoms with Crippen molar-refractivity contribution in [2.45, 2.75) is 78.9 Å². The quantitative estimate of drug-likeness (QED) is 0.248. The summed E-state index contributed by atoms with van der Waals surface area (Å²) in [6.07, 6.45) is 9.18. The number of ether oxygens (including phenoxy) is 1. The SMILES string of the molecule is CCCCC(CCC)OCc1ccc(C)c(CC)c1.NC(=O)c1cc(-c2ccc(C(=O)O)cc2)cnc1N. The highest BCUT2D eigenvalue weighted by Crippen LogP contribution is 2.22. The molecule has 38 heavy (non-hydrogen) atoms. The molecule has 0 bridgehead atoms. The number of aryl methyl sites for hydroxylation is 2. The second-order valence-corrected chi connectivity index (χ2v) is 9.38. The number of carbonyl (C=O) groups excluding carboxylic acids is 1. The fraction of sp³-hybridized carbons (Fsp3) is 0.387. The number of benzene rings is 2. The summed E-state index contributed by atoms with van der Waals surface area (Å²) in [5.74, 6) is -1.59. The van der Waals surface area contributed by atoms with E-state index in [1.54, 1.807) is 12.1 Å². The Balaban J connectivity index is 0.000000267. The first-order chi connectivity index (χ1) is 18.2. The molecule has 3 aromatic rings. The Morgan fingerprint density at radius 3 is 2.26 bits per heavy atom. The van der Waals surface area contributed by atoms with Crippen LogP contribution in [0, 0.1) is 6.92 Å². The molecule has 0 fully saturated rings. The molecule has 0 aliphatic rings. The Bertz CT molecular complexity index is 1190. The number of rotatable bonds is 12. The number of primary amides is 1. The second-order valence-electron chi connectivity index (χ2n) is 9.38. The third kappa shape index (κ3) is 9.30. The molecule has 3 rings (SSSR count). The fourth-order valence-corrected chi connectivity index (χ4v) is 4.11. The van der Waals surface area contributed by atoms with Crippen LogP contribution in [0.1, 0.15) is 90.3 Å². The topological polar surface area (TPSA) is 129 Å². The zero-order chi connectivity index (χ0) is 28.1. The van der Waals surface area contributed by atoms with Crippen molar-refractivity contribution in [3.05, 3.63) is 82.5 Å². The highest BCUT2D eigenvalue weighted by Gasteiger charge is 2.10. The average molecular weight is 520 g/mol. The number of carboxylic acid groups (broad SMARTS) is 1. The zero-order valence-corrected chi connectivity index (χ0v) is 23.0. The number of nitrogen functional groups attached to an aromatic ring is 1. The summed E-state index contributed by atoms with van der Waals surface area (Å²) < 4.78 is 6.11. The Morgan fingerprint density at radius 1 is 0.974 bits per heavy atom. The molecule has 1 aromatic heterocycles. The number of carbonyl (C=O) groups is 2. The number of hydrogen-bond donors (Lipinski definition) is 3. The van der Waals surface area contributed by atoms with Gasteiger partial charge in [0.25, 0.3) is 5.91 Å². The lowest BCUT2D eigenvalue weighted by Crippen LogP contribution is -2.14. The van der Waals surface area contributed by atoms with E-state index in [1.807, 2.05) is 0 Å². The third-order valence-electron chi connectivity index (χ3n) is 6.42. The summed E-state index contributed by atoms with van der Waals surface area (Å²) in [5.41, 5.74) is 16.6. The van der Waals surface area contributed by atoms with Crippen LogP contribution in [0.5, 0.6) is 0 Å². The Labute approximate surface area is 226 Å². The number of pyridine rings is 1. The zero-order valence-electron chi connectivity index (χ0n) is 23.0. The number of unbranched alkanes of at least 4 members (excludes halogenated alkanes) is 1. The first kappa shape index (κ1) is 30.5. The summed E-state index contributed by atoms with van der Waals surface area (Å²) >= 11 is 0. The van der Waals surface area contributed by atoms with E-state index < -0.39 is 11.9 Å². The number of aromatic carboxylic acids is 1. The van der Waals surface area contributed by atoms with E-state index in [-0.39, 0.29) is 16.9 Å². The summed E-state index contributed by atoms with van der Waals surface area (Å²) in [6, 6.07) is 14.5. The maximum Gasteiger partial charge on any atom is 0.335 e. The van der Waals surface area contributed by atoms with Gasteiger partial charge in [0.1, 0.15) is 5.82 Å². The fourth-order valence-electron chi connectivity index (χ4n) is 4.11. The van der Waals surface area contributed by atoms with Crippen LogP contribution in [0.2, 0.25) is 0 Å². The summed E-state index contributed by atoms with van der Waals surface area (Å²) in [4.78, 5) is 25.8. The molecule has 0 spiro atoms. The molecular formula is C31H41N3O4. The minimum atomic E-state index is -1.00. The Morgan fingerprint density at radius 2 is 1.68 bits per heavy atom. The number of hydrogen-bond acceptors (Lipinski definition) is 5. The normalized spacial score (nSPS) is 11.4. The molecule has 0 aliphatic heterocycles. The Kier molecular flexibility index (Phi) is 12.5. The van der Waals surface area contributed by atoms with Crippen LogP contribution in [0.25, 0.3) is 11.1 Å². The van der Waals surface area contributed by atoms with Crippen LogP contribution >= 0.6 is 0 Å². The van der Waals surface area contributed by atoms with Gasteiger partial charge in [-0.25, -0.2) is 9.78 Å². The van der Waals surface area contributed by atoms with E-state index >= 15 is 0 Å². The molecule has 1 amide bonds. The van der Waals surface area contributed by atoms with Gasteiger partial charge in [0, 0.05) is 11.8 Å². The van der Waals surface area contributed by atoms with Gasteiger partial charge < -0.3 is 21.3 Å². The lowest BCUT2D eigenvalue weighted by molar-refractivity contribution is 0.0276. The van der Waals surface area contributed by atoms with Crippen molar-refractivity contribution in [2.24, 2.45) is 5.73 Å². The molecule has 1 heterocycles. The smallest absolute Gasteiger partial charge is 0.335 e. The minimum Gasteiger partial charge on any atom is -0.478 e. The van der Waals surface area contributed by atoms with Gasteiger partial charge in [-0.05, 0) is 66.6 Å².